The maximum absolute atomic E-state index is 9.59. The number of nitrogens with two attached hydrogens (primary N) is 1. The van der Waals surface area contributed by atoms with Gasteiger partial charge in [0.1, 0.15) is 27.3 Å². The molecule has 0 amide bonds. The Hall–Kier alpha value is -2.43. The quantitative estimate of drug-likeness (QED) is 0.723. The van der Waals surface area contributed by atoms with Crippen LogP contribution < -0.4 is 5.73 Å². The molecule has 0 unspecified atom stereocenters. The van der Waals surface area contributed by atoms with Crippen LogP contribution in [-0.4, -0.2) is 25.6 Å². The summed E-state index contributed by atoms with van der Waals surface area (Å²) in [7, 11) is 1.94. The number of aryl methyl sites for hydroxylation is 1. The van der Waals surface area contributed by atoms with E-state index in [1.807, 2.05) is 34.5 Å². The van der Waals surface area contributed by atoms with Crippen LogP contribution in [0, 0.1) is 16.0 Å². The molecule has 106 valence electrons. The first kappa shape index (κ1) is 13.5. The zero-order chi connectivity index (χ0) is 15.0. The Morgan fingerprint density at radius 2 is 2.33 bits per heavy atom. The first-order chi connectivity index (χ1) is 10.2. The molecule has 3 N–H and O–H groups in total. The van der Waals surface area contributed by atoms with E-state index in [4.69, 9.17) is 18.0 Å². The smallest absolute Gasteiger partial charge is 0.130 e. The van der Waals surface area contributed by atoms with Crippen LogP contribution in [0.3, 0.4) is 0 Å². The Balaban J connectivity index is 2.51. The Labute approximate surface area is 126 Å². The van der Waals surface area contributed by atoms with Gasteiger partial charge in [-0.1, -0.05) is 12.2 Å². The van der Waals surface area contributed by atoms with Gasteiger partial charge in [-0.25, -0.2) is 4.98 Å². The van der Waals surface area contributed by atoms with Crippen molar-refractivity contribution >= 4 is 23.3 Å². The summed E-state index contributed by atoms with van der Waals surface area (Å²) in [6, 6.07) is 6.17. The Bertz CT molecular complexity index is 908. The second kappa shape index (κ2) is 5.16. The van der Waals surface area contributed by atoms with Crippen LogP contribution in [0.1, 0.15) is 5.56 Å². The molecular weight excluding hydrogens is 284 g/mol. The first-order valence-corrected chi connectivity index (χ1v) is 6.91. The van der Waals surface area contributed by atoms with Crippen LogP contribution in [0.15, 0.2) is 24.7 Å². The van der Waals surface area contributed by atoms with Crippen molar-refractivity contribution in [3.05, 3.63) is 34.9 Å². The maximum Gasteiger partial charge on any atom is 0.130 e. The third-order valence-corrected chi connectivity index (χ3v) is 3.80. The number of hydrogen-bond acceptors (Lipinski definition) is 4. The van der Waals surface area contributed by atoms with Crippen LogP contribution in [0.5, 0.6) is 0 Å². The van der Waals surface area contributed by atoms with Gasteiger partial charge in [0.15, 0.2) is 0 Å². The molecule has 6 nitrogen and oxygen atoms in total. The second-order valence-corrected chi connectivity index (χ2v) is 5.12. The van der Waals surface area contributed by atoms with E-state index < -0.39 is 0 Å². The van der Waals surface area contributed by atoms with E-state index in [0.29, 0.717) is 28.8 Å². The molecule has 0 fully saturated rings. The molecule has 0 saturated heterocycles. The van der Waals surface area contributed by atoms with Crippen molar-refractivity contribution in [1.82, 2.24) is 19.1 Å². The molecule has 0 aliphatic rings. The predicted octanol–water partition coefficient (Wildman–Crippen LogP) is 1.93. The highest BCUT2D eigenvalue weighted by Gasteiger charge is 2.21. The fraction of sp³-hybridized carbons (Fsp3) is 0.214. The van der Waals surface area contributed by atoms with Crippen molar-refractivity contribution in [2.45, 2.75) is 6.54 Å². The number of aromatic amines is 1. The van der Waals surface area contributed by atoms with Crippen molar-refractivity contribution in [3.8, 4) is 17.5 Å². The molecule has 0 saturated carbocycles. The zero-order valence-corrected chi connectivity index (χ0v) is 12.3. The van der Waals surface area contributed by atoms with E-state index in [2.05, 4.69) is 16.0 Å². The van der Waals surface area contributed by atoms with Crippen molar-refractivity contribution in [1.29, 1.82) is 5.26 Å². The first-order valence-electron chi connectivity index (χ1n) is 6.50. The van der Waals surface area contributed by atoms with Gasteiger partial charge in [0.05, 0.1) is 17.7 Å². The fourth-order valence-corrected chi connectivity index (χ4v) is 2.88. The van der Waals surface area contributed by atoms with Gasteiger partial charge in [0, 0.05) is 26.3 Å². The van der Waals surface area contributed by atoms with E-state index in [9.17, 15) is 5.26 Å². The molecule has 0 aliphatic carbocycles. The lowest BCUT2D eigenvalue weighted by Gasteiger charge is -2.10. The van der Waals surface area contributed by atoms with Gasteiger partial charge >= 0.3 is 0 Å². The summed E-state index contributed by atoms with van der Waals surface area (Å²) in [6.45, 7) is 1.03. The second-order valence-electron chi connectivity index (χ2n) is 4.71. The van der Waals surface area contributed by atoms with Gasteiger partial charge in [-0.3, -0.25) is 0 Å². The number of fused-ring (bicyclic) bond motifs is 1. The highest BCUT2D eigenvalue weighted by molar-refractivity contribution is 7.71. The predicted molar refractivity (Wildman–Crippen MR) is 83.1 cm³/mol. The lowest BCUT2D eigenvalue weighted by molar-refractivity contribution is 0.733. The standard InChI is InChI=1S/C14H14N6S/c1-19-5-2-3-10(19)12-9(7-16)11-13(20(12)6-4-15)14(21)18-8-17-11/h2-3,5,8H,4,6,15H2,1H3,(H,17,18,21). The minimum absolute atomic E-state index is 0.454. The average molecular weight is 298 g/mol. The number of H-pyrrole nitrogens is 1. The summed E-state index contributed by atoms with van der Waals surface area (Å²) in [5.41, 5.74) is 9.38. The summed E-state index contributed by atoms with van der Waals surface area (Å²) in [4.78, 5) is 7.22. The molecule has 0 bridgehead atoms. The molecule has 3 aromatic heterocycles. The van der Waals surface area contributed by atoms with Crippen molar-refractivity contribution in [2.24, 2.45) is 12.8 Å². The Morgan fingerprint density at radius 3 is 2.95 bits per heavy atom. The third kappa shape index (κ3) is 1.96. The van der Waals surface area contributed by atoms with Crippen LogP contribution in [0.4, 0.5) is 0 Å². The van der Waals surface area contributed by atoms with Crippen LogP contribution in [0.2, 0.25) is 0 Å². The molecule has 0 atom stereocenters. The molecule has 3 heterocycles. The lowest BCUT2D eigenvalue weighted by atomic mass is 10.2. The van der Waals surface area contributed by atoms with Crippen molar-refractivity contribution in [2.75, 3.05) is 6.54 Å². The number of rotatable bonds is 3. The minimum atomic E-state index is 0.454. The van der Waals surface area contributed by atoms with Gasteiger partial charge in [-0.05, 0) is 12.1 Å². The number of hydrogen-bond donors (Lipinski definition) is 2. The summed E-state index contributed by atoms with van der Waals surface area (Å²) in [6.07, 6.45) is 3.46. The third-order valence-electron chi connectivity index (χ3n) is 3.49. The van der Waals surface area contributed by atoms with E-state index in [0.717, 1.165) is 16.9 Å². The van der Waals surface area contributed by atoms with Gasteiger partial charge in [0.2, 0.25) is 0 Å². The fourth-order valence-electron chi connectivity index (χ4n) is 2.62. The van der Waals surface area contributed by atoms with Crippen LogP contribution in [-0.2, 0) is 13.6 Å². The number of nitrogens with one attached hydrogen (secondary N) is 1. The van der Waals surface area contributed by atoms with Crippen LogP contribution in [0.25, 0.3) is 22.4 Å². The molecular formula is C14H14N6S. The normalized spacial score (nSPS) is 10.9. The molecule has 0 aliphatic heterocycles. The largest absolute Gasteiger partial charge is 0.349 e. The van der Waals surface area contributed by atoms with Crippen molar-refractivity contribution in [3.63, 3.8) is 0 Å². The minimum Gasteiger partial charge on any atom is -0.349 e. The zero-order valence-electron chi connectivity index (χ0n) is 11.5. The van der Waals surface area contributed by atoms with Crippen molar-refractivity contribution < 1.29 is 0 Å². The maximum atomic E-state index is 9.59. The average Bonchev–Trinajstić information content (AvgIpc) is 3.01. The Kier molecular flexibility index (Phi) is 3.33. The number of nitriles is 1. The lowest BCUT2D eigenvalue weighted by Crippen LogP contribution is -2.12. The van der Waals surface area contributed by atoms with Crippen LogP contribution >= 0.6 is 12.2 Å². The Morgan fingerprint density at radius 1 is 1.52 bits per heavy atom. The molecule has 3 aromatic rings. The summed E-state index contributed by atoms with van der Waals surface area (Å²) in [5.74, 6) is 0. The number of aromatic nitrogens is 4. The van der Waals surface area contributed by atoms with Gasteiger partial charge in [0.25, 0.3) is 0 Å². The highest BCUT2D eigenvalue weighted by atomic mass is 32.1. The molecule has 0 radical (unpaired) electrons. The molecule has 21 heavy (non-hydrogen) atoms. The van der Waals surface area contributed by atoms with E-state index >= 15 is 0 Å². The molecule has 7 heteroatoms. The molecule has 0 spiro atoms. The summed E-state index contributed by atoms with van der Waals surface area (Å²) >= 11 is 5.37. The topological polar surface area (TPSA) is 88.3 Å². The van der Waals surface area contributed by atoms with Gasteiger partial charge in [-0.2, -0.15) is 5.26 Å². The highest BCUT2D eigenvalue weighted by Crippen LogP contribution is 2.32. The summed E-state index contributed by atoms with van der Waals surface area (Å²) in [5, 5.41) is 9.59. The number of nitrogens with zero attached hydrogens (tertiary/aromatic N) is 4. The van der Waals surface area contributed by atoms with E-state index in [-0.39, 0.29) is 0 Å². The SMILES string of the molecule is Cn1cccc1-c1c(C#N)c2nc[nH]c(=S)c2n1CCN. The molecule has 3 rings (SSSR count). The van der Waals surface area contributed by atoms with Gasteiger partial charge < -0.3 is 19.9 Å². The molecule has 0 aromatic carbocycles. The van der Waals surface area contributed by atoms with E-state index in [1.54, 1.807) is 0 Å². The summed E-state index contributed by atoms with van der Waals surface area (Å²) < 4.78 is 4.51. The monoisotopic (exact) mass is 298 g/mol. The van der Waals surface area contributed by atoms with E-state index in [1.165, 1.54) is 6.33 Å². The van der Waals surface area contributed by atoms with Gasteiger partial charge in [-0.15, -0.1) is 0 Å².